The normalized spacial score (nSPS) is 21.5. The third kappa shape index (κ3) is 2.46. The van der Waals surface area contributed by atoms with Crippen LogP contribution in [-0.2, 0) is 0 Å². The van der Waals surface area contributed by atoms with Crippen molar-refractivity contribution in [3.63, 3.8) is 0 Å². The second-order valence-corrected chi connectivity index (χ2v) is 4.56. The number of halogens is 2. The zero-order valence-corrected chi connectivity index (χ0v) is 9.84. The molecule has 1 heterocycles. The Hall–Kier alpha value is -1.45. The standard InChI is InChI=1S/C13H16F2N2/c1-17-8-9(4-2-7-12(17)16)10-5-3-6-11(14)13(10)15/h3,5-6,9,16H,2,4,7-8H2,1H3. The molecule has 92 valence electrons. The second-order valence-electron chi connectivity index (χ2n) is 4.56. The van der Waals surface area contributed by atoms with Crippen LogP contribution in [0.15, 0.2) is 18.2 Å². The molecule has 1 atom stereocenters. The van der Waals surface area contributed by atoms with Crippen LogP contribution in [0.4, 0.5) is 8.78 Å². The van der Waals surface area contributed by atoms with E-state index in [2.05, 4.69) is 0 Å². The Bertz CT molecular complexity index is 431. The van der Waals surface area contributed by atoms with E-state index >= 15 is 0 Å². The number of nitrogens with one attached hydrogen (secondary N) is 1. The molecule has 0 bridgehead atoms. The molecule has 17 heavy (non-hydrogen) atoms. The van der Waals surface area contributed by atoms with Gasteiger partial charge in [0.1, 0.15) is 0 Å². The molecule has 1 unspecified atom stereocenters. The Morgan fingerprint density at radius 3 is 2.88 bits per heavy atom. The third-order valence-electron chi connectivity index (χ3n) is 3.34. The van der Waals surface area contributed by atoms with Crippen LogP contribution in [-0.4, -0.2) is 24.3 Å². The summed E-state index contributed by atoms with van der Waals surface area (Å²) in [6.45, 7) is 0.583. The van der Waals surface area contributed by atoms with Gasteiger partial charge in [-0.1, -0.05) is 12.1 Å². The van der Waals surface area contributed by atoms with Crippen molar-refractivity contribution in [1.29, 1.82) is 5.41 Å². The number of amidine groups is 1. The summed E-state index contributed by atoms with van der Waals surface area (Å²) in [6, 6.07) is 4.33. The van der Waals surface area contributed by atoms with Gasteiger partial charge in [-0.25, -0.2) is 8.78 Å². The maximum absolute atomic E-state index is 13.7. The molecule has 1 saturated heterocycles. The lowest BCUT2D eigenvalue weighted by Gasteiger charge is -2.22. The minimum absolute atomic E-state index is 0.0291. The molecular formula is C13H16F2N2. The van der Waals surface area contributed by atoms with E-state index in [0.29, 0.717) is 24.4 Å². The Labute approximate surface area is 99.8 Å². The van der Waals surface area contributed by atoms with Crippen molar-refractivity contribution in [2.45, 2.75) is 25.2 Å². The fourth-order valence-electron chi connectivity index (χ4n) is 2.33. The number of rotatable bonds is 1. The van der Waals surface area contributed by atoms with Gasteiger partial charge in [-0.3, -0.25) is 5.41 Å². The predicted molar refractivity (Wildman–Crippen MR) is 63.3 cm³/mol. The van der Waals surface area contributed by atoms with Gasteiger partial charge in [0, 0.05) is 25.9 Å². The van der Waals surface area contributed by atoms with E-state index in [1.54, 1.807) is 12.1 Å². The molecule has 0 aliphatic carbocycles. The zero-order valence-electron chi connectivity index (χ0n) is 9.84. The smallest absolute Gasteiger partial charge is 0.162 e. The van der Waals surface area contributed by atoms with Gasteiger partial charge in [0.15, 0.2) is 11.6 Å². The SMILES string of the molecule is CN1CC(c2cccc(F)c2F)CCCC1=N. The summed E-state index contributed by atoms with van der Waals surface area (Å²) < 4.78 is 26.9. The number of likely N-dealkylation sites (tertiary alicyclic amines) is 1. The fourth-order valence-corrected chi connectivity index (χ4v) is 2.33. The lowest BCUT2D eigenvalue weighted by molar-refractivity contribution is 0.426. The molecule has 2 nitrogen and oxygen atoms in total. The van der Waals surface area contributed by atoms with Crippen LogP contribution < -0.4 is 0 Å². The number of likely N-dealkylation sites (N-methyl/N-ethyl adjacent to an activating group) is 1. The molecular weight excluding hydrogens is 222 g/mol. The first kappa shape index (κ1) is 12.0. The van der Waals surface area contributed by atoms with Crippen molar-refractivity contribution in [3.8, 4) is 0 Å². The molecule has 1 aliphatic heterocycles. The van der Waals surface area contributed by atoms with Crippen LogP contribution in [0.2, 0.25) is 0 Å². The highest BCUT2D eigenvalue weighted by Crippen LogP contribution is 2.29. The number of benzene rings is 1. The highest BCUT2D eigenvalue weighted by molar-refractivity contribution is 5.79. The van der Waals surface area contributed by atoms with E-state index in [9.17, 15) is 8.78 Å². The van der Waals surface area contributed by atoms with Crippen LogP contribution in [0.5, 0.6) is 0 Å². The van der Waals surface area contributed by atoms with Gasteiger partial charge >= 0.3 is 0 Å². The van der Waals surface area contributed by atoms with Crippen LogP contribution in [0.1, 0.15) is 30.7 Å². The maximum Gasteiger partial charge on any atom is 0.162 e. The molecule has 4 heteroatoms. The van der Waals surface area contributed by atoms with Gasteiger partial charge in [0.05, 0.1) is 5.84 Å². The van der Waals surface area contributed by atoms with Gasteiger partial charge in [0.25, 0.3) is 0 Å². The molecule has 1 aromatic rings. The topological polar surface area (TPSA) is 27.1 Å². The Kier molecular flexibility index (Phi) is 3.41. The van der Waals surface area contributed by atoms with E-state index < -0.39 is 11.6 Å². The van der Waals surface area contributed by atoms with E-state index in [-0.39, 0.29) is 5.92 Å². The summed E-state index contributed by atoms with van der Waals surface area (Å²) in [7, 11) is 1.83. The second kappa shape index (κ2) is 4.82. The zero-order chi connectivity index (χ0) is 12.4. The highest BCUT2D eigenvalue weighted by atomic mass is 19.2. The first-order valence-corrected chi connectivity index (χ1v) is 5.82. The van der Waals surface area contributed by atoms with Crippen molar-refractivity contribution in [2.24, 2.45) is 0 Å². The van der Waals surface area contributed by atoms with Gasteiger partial charge in [-0.05, 0) is 24.5 Å². The molecule has 1 fully saturated rings. The van der Waals surface area contributed by atoms with E-state index in [1.165, 1.54) is 0 Å². The lowest BCUT2D eigenvalue weighted by Crippen LogP contribution is -2.28. The Morgan fingerprint density at radius 2 is 2.12 bits per heavy atom. The Morgan fingerprint density at radius 1 is 1.35 bits per heavy atom. The van der Waals surface area contributed by atoms with E-state index in [0.717, 1.165) is 18.9 Å². The van der Waals surface area contributed by atoms with Crippen molar-refractivity contribution in [3.05, 3.63) is 35.4 Å². The molecule has 0 aromatic heterocycles. The molecule has 0 radical (unpaired) electrons. The van der Waals surface area contributed by atoms with Gasteiger partial charge in [-0.2, -0.15) is 0 Å². The minimum Gasteiger partial charge on any atom is -0.363 e. The average Bonchev–Trinajstić information content (AvgIpc) is 2.46. The van der Waals surface area contributed by atoms with Crippen LogP contribution in [0.3, 0.4) is 0 Å². The number of nitrogens with zero attached hydrogens (tertiary/aromatic N) is 1. The van der Waals surface area contributed by atoms with Gasteiger partial charge in [0.2, 0.25) is 0 Å². The van der Waals surface area contributed by atoms with Crippen molar-refractivity contribution >= 4 is 5.84 Å². The molecule has 1 aliphatic rings. The monoisotopic (exact) mass is 238 g/mol. The summed E-state index contributed by atoms with van der Waals surface area (Å²) in [6.07, 6.45) is 2.36. The predicted octanol–water partition coefficient (Wildman–Crippen LogP) is 3.14. The molecule has 0 amide bonds. The molecule has 1 N–H and O–H groups in total. The van der Waals surface area contributed by atoms with Crippen molar-refractivity contribution in [2.75, 3.05) is 13.6 Å². The molecule has 1 aromatic carbocycles. The lowest BCUT2D eigenvalue weighted by atomic mass is 9.94. The minimum atomic E-state index is -0.788. The highest BCUT2D eigenvalue weighted by Gasteiger charge is 2.23. The Balaban J connectivity index is 2.27. The van der Waals surface area contributed by atoms with Crippen molar-refractivity contribution in [1.82, 2.24) is 4.90 Å². The molecule has 2 rings (SSSR count). The number of hydrogen-bond acceptors (Lipinski definition) is 1. The quantitative estimate of drug-likeness (QED) is 0.799. The van der Waals surface area contributed by atoms with Crippen LogP contribution in [0.25, 0.3) is 0 Å². The maximum atomic E-state index is 13.7. The molecule has 0 saturated carbocycles. The summed E-state index contributed by atoms with van der Waals surface area (Å²) in [5, 5.41) is 7.74. The first-order valence-electron chi connectivity index (χ1n) is 5.82. The largest absolute Gasteiger partial charge is 0.363 e. The van der Waals surface area contributed by atoms with Crippen LogP contribution >= 0.6 is 0 Å². The van der Waals surface area contributed by atoms with Gasteiger partial charge in [-0.15, -0.1) is 0 Å². The summed E-state index contributed by atoms with van der Waals surface area (Å²) in [5.74, 6) is -0.980. The summed E-state index contributed by atoms with van der Waals surface area (Å²) >= 11 is 0. The van der Waals surface area contributed by atoms with E-state index in [4.69, 9.17) is 5.41 Å². The fraction of sp³-hybridized carbons (Fsp3) is 0.462. The average molecular weight is 238 g/mol. The first-order chi connectivity index (χ1) is 8.09. The van der Waals surface area contributed by atoms with Crippen LogP contribution in [0, 0.1) is 17.0 Å². The van der Waals surface area contributed by atoms with Crippen molar-refractivity contribution < 1.29 is 8.78 Å². The third-order valence-corrected chi connectivity index (χ3v) is 3.34. The summed E-state index contributed by atoms with van der Waals surface area (Å²) in [4.78, 5) is 1.82. The summed E-state index contributed by atoms with van der Waals surface area (Å²) in [5.41, 5.74) is 0.437. The number of hydrogen-bond donors (Lipinski definition) is 1. The van der Waals surface area contributed by atoms with E-state index in [1.807, 2.05) is 11.9 Å². The molecule has 0 spiro atoms. The van der Waals surface area contributed by atoms with Gasteiger partial charge < -0.3 is 4.90 Å².